The lowest BCUT2D eigenvalue weighted by Gasteiger charge is -2.12. The maximum absolute atomic E-state index is 13.5. The van der Waals surface area contributed by atoms with E-state index < -0.39 is 11.4 Å². The largest absolute Gasteiger partial charge is 0.382 e. The summed E-state index contributed by atoms with van der Waals surface area (Å²) in [5.41, 5.74) is 1.97. The Morgan fingerprint density at radius 3 is 2.57 bits per heavy atom. The quantitative estimate of drug-likeness (QED) is 0.634. The van der Waals surface area contributed by atoms with Crippen molar-refractivity contribution in [2.75, 3.05) is 18.4 Å². The molecule has 0 saturated carbocycles. The highest BCUT2D eigenvalue weighted by atomic mass is 19.1. The third kappa shape index (κ3) is 4.74. The van der Waals surface area contributed by atoms with Gasteiger partial charge in [0.15, 0.2) is 0 Å². The Labute approximate surface area is 161 Å². The summed E-state index contributed by atoms with van der Waals surface area (Å²) < 4.78 is 13.5. The zero-order valence-electron chi connectivity index (χ0n) is 15.6. The molecule has 8 heteroatoms. The van der Waals surface area contributed by atoms with E-state index in [0.717, 1.165) is 5.56 Å². The molecule has 0 aliphatic heterocycles. The highest BCUT2D eigenvalue weighted by Gasteiger charge is 2.13. The number of nitrogens with one attached hydrogen (secondary N) is 3. The van der Waals surface area contributed by atoms with Crippen LogP contribution < -0.4 is 16.2 Å². The van der Waals surface area contributed by atoms with E-state index in [1.54, 1.807) is 26.0 Å². The molecule has 2 aromatic rings. The number of aromatic nitrogens is 1. The zero-order chi connectivity index (χ0) is 20.7. The molecule has 28 heavy (non-hydrogen) atoms. The van der Waals surface area contributed by atoms with Crippen LogP contribution in [0.3, 0.4) is 0 Å². The SMILES string of the molecule is Cc1[nH]c(=O)c(C#N)c(C)c1CCC(=O)NCCNc1cccc(F)c1C#N. The highest BCUT2D eigenvalue weighted by molar-refractivity contribution is 5.76. The number of anilines is 1. The van der Waals surface area contributed by atoms with Crippen LogP contribution in [0.15, 0.2) is 23.0 Å². The third-order valence-electron chi connectivity index (χ3n) is 4.41. The zero-order valence-corrected chi connectivity index (χ0v) is 15.6. The summed E-state index contributed by atoms with van der Waals surface area (Å²) in [7, 11) is 0. The summed E-state index contributed by atoms with van der Waals surface area (Å²) in [5, 5.41) is 23.7. The van der Waals surface area contributed by atoms with Gasteiger partial charge in [0.2, 0.25) is 5.91 Å². The van der Waals surface area contributed by atoms with Crippen molar-refractivity contribution < 1.29 is 9.18 Å². The summed E-state index contributed by atoms with van der Waals surface area (Å²) >= 11 is 0. The van der Waals surface area contributed by atoms with E-state index in [9.17, 15) is 14.0 Å². The maximum atomic E-state index is 13.5. The molecule has 1 aromatic heterocycles. The molecule has 3 N–H and O–H groups in total. The van der Waals surface area contributed by atoms with Gasteiger partial charge in [0.25, 0.3) is 5.56 Å². The number of amides is 1. The molecule has 144 valence electrons. The molecular formula is C20H20FN5O2. The molecule has 0 fully saturated rings. The van der Waals surface area contributed by atoms with Gasteiger partial charge in [-0.3, -0.25) is 9.59 Å². The number of H-pyrrole nitrogens is 1. The predicted octanol–water partition coefficient (Wildman–Crippen LogP) is 2.04. The smallest absolute Gasteiger partial charge is 0.266 e. The number of nitriles is 2. The molecule has 0 radical (unpaired) electrons. The number of hydrogen-bond donors (Lipinski definition) is 3. The van der Waals surface area contributed by atoms with E-state index in [-0.39, 0.29) is 23.5 Å². The van der Waals surface area contributed by atoms with Gasteiger partial charge in [0, 0.05) is 25.2 Å². The molecule has 7 nitrogen and oxygen atoms in total. The average molecular weight is 381 g/mol. The molecule has 0 bridgehead atoms. The number of carbonyl (C=O) groups is 1. The molecule has 2 rings (SSSR count). The van der Waals surface area contributed by atoms with Crippen molar-refractivity contribution in [3.63, 3.8) is 0 Å². The van der Waals surface area contributed by atoms with Gasteiger partial charge in [-0.1, -0.05) is 6.07 Å². The second kappa shape index (κ2) is 9.33. The third-order valence-corrected chi connectivity index (χ3v) is 4.41. The Balaban J connectivity index is 1.87. The normalized spacial score (nSPS) is 10.0. The topological polar surface area (TPSA) is 122 Å². The number of aryl methyl sites for hydroxylation is 1. The second-order valence-corrected chi connectivity index (χ2v) is 6.22. The molecule has 1 heterocycles. The van der Waals surface area contributed by atoms with Crippen LogP contribution >= 0.6 is 0 Å². The van der Waals surface area contributed by atoms with Crippen molar-refractivity contribution in [2.45, 2.75) is 26.7 Å². The molecule has 0 unspecified atom stereocenters. The summed E-state index contributed by atoms with van der Waals surface area (Å²) in [6.07, 6.45) is 0.590. The molecule has 0 aliphatic rings. The highest BCUT2D eigenvalue weighted by Crippen LogP contribution is 2.17. The summed E-state index contributed by atoms with van der Waals surface area (Å²) in [6, 6.07) is 8.00. The Bertz CT molecular complexity index is 1030. The van der Waals surface area contributed by atoms with Crippen LogP contribution in [-0.2, 0) is 11.2 Å². The summed E-state index contributed by atoms with van der Waals surface area (Å²) in [4.78, 5) is 26.4. The Hall–Kier alpha value is -3.65. The van der Waals surface area contributed by atoms with E-state index in [0.29, 0.717) is 36.5 Å². The van der Waals surface area contributed by atoms with Crippen LogP contribution in [0.5, 0.6) is 0 Å². The standard InChI is InChI=1S/C20H20FN5O2/c1-12-14(13(2)26-20(28)15(12)10-22)6-7-19(27)25-9-8-24-18-5-3-4-17(21)16(18)11-23/h3-5,24H,6-9H2,1-2H3,(H,25,27)(H,26,28). The fraction of sp³-hybridized carbons (Fsp3) is 0.300. The Morgan fingerprint density at radius 1 is 1.18 bits per heavy atom. The van der Waals surface area contributed by atoms with Gasteiger partial charge in [-0.05, 0) is 43.5 Å². The molecule has 1 aromatic carbocycles. The molecule has 0 aliphatic carbocycles. The minimum absolute atomic E-state index is 0.0635. The van der Waals surface area contributed by atoms with E-state index in [1.807, 2.05) is 6.07 Å². The van der Waals surface area contributed by atoms with Crippen molar-refractivity contribution in [2.24, 2.45) is 0 Å². The van der Waals surface area contributed by atoms with Gasteiger partial charge in [0.1, 0.15) is 29.1 Å². The molecule has 1 amide bonds. The molecule has 0 atom stereocenters. The van der Waals surface area contributed by atoms with Crippen LogP contribution in [-0.4, -0.2) is 24.0 Å². The number of aromatic amines is 1. The maximum Gasteiger partial charge on any atom is 0.266 e. The van der Waals surface area contributed by atoms with Gasteiger partial charge >= 0.3 is 0 Å². The predicted molar refractivity (Wildman–Crippen MR) is 102 cm³/mol. The number of halogens is 1. The second-order valence-electron chi connectivity index (χ2n) is 6.22. The number of hydrogen-bond acceptors (Lipinski definition) is 5. The lowest BCUT2D eigenvalue weighted by atomic mass is 9.99. The number of benzene rings is 1. The average Bonchev–Trinajstić information content (AvgIpc) is 2.65. The first-order valence-corrected chi connectivity index (χ1v) is 8.70. The van der Waals surface area contributed by atoms with Crippen LogP contribution in [0, 0.1) is 42.3 Å². The van der Waals surface area contributed by atoms with Crippen LogP contribution in [0.4, 0.5) is 10.1 Å². The van der Waals surface area contributed by atoms with Crippen molar-refractivity contribution in [1.29, 1.82) is 10.5 Å². The lowest BCUT2D eigenvalue weighted by molar-refractivity contribution is -0.120. The number of carbonyl (C=O) groups excluding carboxylic acids is 1. The summed E-state index contributed by atoms with van der Waals surface area (Å²) in [5.74, 6) is -0.787. The van der Waals surface area contributed by atoms with Gasteiger partial charge in [-0.2, -0.15) is 10.5 Å². The van der Waals surface area contributed by atoms with Crippen LogP contribution in [0.2, 0.25) is 0 Å². The fourth-order valence-electron chi connectivity index (χ4n) is 2.93. The van der Waals surface area contributed by atoms with Gasteiger partial charge in [0.05, 0.1) is 5.69 Å². The lowest BCUT2D eigenvalue weighted by Crippen LogP contribution is -2.29. The van der Waals surface area contributed by atoms with Crippen LogP contribution in [0.1, 0.15) is 34.4 Å². The first kappa shape index (κ1) is 20.7. The van der Waals surface area contributed by atoms with E-state index >= 15 is 0 Å². The fourth-order valence-corrected chi connectivity index (χ4v) is 2.93. The van der Waals surface area contributed by atoms with Crippen molar-refractivity contribution in [1.82, 2.24) is 10.3 Å². The van der Waals surface area contributed by atoms with Gasteiger partial charge in [-0.25, -0.2) is 4.39 Å². The summed E-state index contributed by atoms with van der Waals surface area (Å²) in [6.45, 7) is 4.06. The van der Waals surface area contributed by atoms with Gasteiger partial charge in [-0.15, -0.1) is 0 Å². The first-order valence-electron chi connectivity index (χ1n) is 8.70. The van der Waals surface area contributed by atoms with Gasteiger partial charge < -0.3 is 15.6 Å². The van der Waals surface area contributed by atoms with E-state index in [2.05, 4.69) is 15.6 Å². The number of rotatable bonds is 7. The minimum Gasteiger partial charge on any atom is -0.382 e. The molecular weight excluding hydrogens is 361 g/mol. The number of nitrogens with zero attached hydrogens (tertiary/aromatic N) is 2. The van der Waals surface area contributed by atoms with E-state index in [1.165, 1.54) is 12.1 Å². The van der Waals surface area contributed by atoms with E-state index in [4.69, 9.17) is 10.5 Å². The monoisotopic (exact) mass is 381 g/mol. The molecule has 0 spiro atoms. The Morgan fingerprint density at radius 2 is 1.89 bits per heavy atom. The van der Waals surface area contributed by atoms with Crippen LogP contribution in [0.25, 0.3) is 0 Å². The Kier molecular flexibility index (Phi) is 6.89. The van der Waals surface area contributed by atoms with Crippen molar-refractivity contribution in [3.8, 4) is 12.1 Å². The van der Waals surface area contributed by atoms with Crippen molar-refractivity contribution >= 4 is 11.6 Å². The first-order chi connectivity index (χ1) is 13.4. The van der Waals surface area contributed by atoms with Crippen molar-refractivity contribution in [3.05, 3.63) is 62.3 Å². The minimum atomic E-state index is -0.597. The number of pyridine rings is 1. The molecule has 0 saturated heterocycles.